The summed E-state index contributed by atoms with van der Waals surface area (Å²) >= 11 is 0. The largest absolute Gasteiger partial charge is 0.493 e. The molecular formula is C15H16FNO2. The number of benzene rings is 2. The molecule has 2 rings (SSSR count). The molecule has 2 aromatic rings. The van der Waals surface area contributed by atoms with E-state index < -0.39 is 0 Å². The zero-order chi connectivity index (χ0) is 14.0. The Hall–Kier alpha value is -2.23. The van der Waals surface area contributed by atoms with Crippen molar-refractivity contribution in [2.24, 2.45) is 0 Å². The van der Waals surface area contributed by atoms with E-state index in [1.807, 2.05) is 0 Å². The Kier molecular flexibility index (Phi) is 3.60. The van der Waals surface area contributed by atoms with Crippen LogP contribution in [0.5, 0.6) is 11.5 Å². The van der Waals surface area contributed by atoms with Gasteiger partial charge in [-0.2, -0.15) is 0 Å². The second-order valence-electron chi connectivity index (χ2n) is 4.23. The molecule has 0 aliphatic carbocycles. The minimum atomic E-state index is -0.335. The monoisotopic (exact) mass is 261 g/mol. The molecule has 0 saturated heterocycles. The van der Waals surface area contributed by atoms with Crippen molar-refractivity contribution in [1.82, 2.24) is 0 Å². The minimum Gasteiger partial charge on any atom is -0.493 e. The number of rotatable bonds is 3. The molecule has 0 bridgehead atoms. The number of ether oxygens (including phenoxy) is 2. The highest BCUT2D eigenvalue weighted by atomic mass is 19.1. The minimum absolute atomic E-state index is 0.335. The Morgan fingerprint density at radius 2 is 1.79 bits per heavy atom. The molecule has 0 spiro atoms. The van der Waals surface area contributed by atoms with Gasteiger partial charge in [0.25, 0.3) is 0 Å². The van der Waals surface area contributed by atoms with Gasteiger partial charge in [-0.1, -0.05) is 12.1 Å². The molecule has 100 valence electrons. The second kappa shape index (κ2) is 5.18. The third-order valence-electron chi connectivity index (χ3n) is 3.05. The van der Waals surface area contributed by atoms with Gasteiger partial charge < -0.3 is 15.2 Å². The molecule has 0 fully saturated rings. The smallest absolute Gasteiger partial charge is 0.168 e. The average molecular weight is 261 g/mol. The molecule has 19 heavy (non-hydrogen) atoms. The van der Waals surface area contributed by atoms with Crippen molar-refractivity contribution in [3.05, 3.63) is 41.7 Å². The average Bonchev–Trinajstić information content (AvgIpc) is 2.41. The van der Waals surface area contributed by atoms with Crippen molar-refractivity contribution in [2.75, 3.05) is 20.0 Å². The lowest BCUT2D eigenvalue weighted by Crippen LogP contribution is -1.97. The molecule has 0 saturated carbocycles. The van der Waals surface area contributed by atoms with Crippen molar-refractivity contribution in [1.29, 1.82) is 0 Å². The van der Waals surface area contributed by atoms with Crippen LogP contribution in [0.2, 0.25) is 0 Å². The third-order valence-corrected chi connectivity index (χ3v) is 3.05. The Balaban J connectivity index is 2.68. The first kappa shape index (κ1) is 13.2. The van der Waals surface area contributed by atoms with E-state index in [2.05, 4.69) is 0 Å². The first-order valence-electron chi connectivity index (χ1n) is 5.85. The molecular weight excluding hydrogens is 245 g/mol. The molecule has 0 atom stereocenters. The van der Waals surface area contributed by atoms with Crippen LogP contribution in [-0.4, -0.2) is 14.2 Å². The van der Waals surface area contributed by atoms with Gasteiger partial charge in [0.1, 0.15) is 5.82 Å². The molecule has 0 unspecified atom stereocenters. The van der Waals surface area contributed by atoms with Gasteiger partial charge in [0, 0.05) is 16.8 Å². The van der Waals surface area contributed by atoms with Crippen LogP contribution in [0.1, 0.15) is 5.56 Å². The lowest BCUT2D eigenvalue weighted by Gasteiger charge is -2.14. The zero-order valence-corrected chi connectivity index (χ0v) is 11.2. The summed E-state index contributed by atoms with van der Waals surface area (Å²) < 4.78 is 24.6. The molecule has 3 nitrogen and oxygen atoms in total. The molecule has 0 aliphatic rings. The van der Waals surface area contributed by atoms with Crippen LogP contribution in [0.25, 0.3) is 11.1 Å². The topological polar surface area (TPSA) is 44.5 Å². The first-order chi connectivity index (χ1) is 9.08. The lowest BCUT2D eigenvalue weighted by atomic mass is 10.0. The fourth-order valence-electron chi connectivity index (χ4n) is 2.00. The van der Waals surface area contributed by atoms with E-state index >= 15 is 0 Å². The highest BCUT2D eigenvalue weighted by molar-refractivity contribution is 5.77. The summed E-state index contributed by atoms with van der Waals surface area (Å²) in [6.45, 7) is 1.77. The van der Waals surface area contributed by atoms with Gasteiger partial charge >= 0.3 is 0 Å². The number of hydrogen-bond acceptors (Lipinski definition) is 3. The van der Waals surface area contributed by atoms with Gasteiger partial charge in [-0.15, -0.1) is 0 Å². The molecule has 0 amide bonds. The van der Waals surface area contributed by atoms with Crippen LogP contribution < -0.4 is 15.2 Å². The molecule has 2 N–H and O–H groups in total. The number of anilines is 1. The van der Waals surface area contributed by atoms with Crippen molar-refractivity contribution < 1.29 is 13.9 Å². The van der Waals surface area contributed by atoms with Crippen molar-refractivity contribution in [3.8, 4) is 22.6 Å². The summed E-state index contributed by atoms with van der Waals surface area (Å²) in [6.07, 6.45) is 0. The van der Waals surface area contributed by atoms with E-state index in [1.165, 1.54) is 13.2 Å². The van der Waals surface area contributed by atoms with Gasteiger partial charge in [-0.25, -0.2) is 4.39 Å². The summed E-state index contributed by atoms with van der Waals surface area (Å²) in [6, 6.07) is 8.35. The maximum absolute atomic E-state index is 14.1. The van der Waals surface area contributed by atoms with E-state index in [0.29, 0.717) is 33.9 Å². The van der Waals surface area contributed by atoms with Crippen LogP contribution in [0.3, 0.4) is 0 Å². The Morgan fingerprint density at radius 3 is 2.42 bits per heavy atom. The van der Waals surface area contributed by atoms with Crippen molar-refractivity contribution in [2.45, 2.75) is 6.92 Å². The maximum atomic E-state index is 14.1. The number of methoxy groups -OCH3 is 2. The predicted molar refractivity (Wildman–Crippen MR) is 74.1 cm³/mol. The number of hydrogen-bond donors (Lipinski definition) is 1. The van der Waals surface area contributed by atoms with E-state index in [4.69, 9.17) is 15.2 Å². The fraction of sp³-hybridized carbons (Fsp3) is 0.200. The highest BCUT2D eigenvalue weighted by Gasteiger charge is 2.15. The quantitative estimate of drug-likeness (QED) is 0.861. The number of aryl methyl sites for hydroxylation is 1. The van der Waals surface area contributed by atoms with Crippen LogP contribution in [0, 0.1) is 12.7 Å². The third kappa shape index (κ3) is 2.34. The van der Waals surface area contributed by atoms with E-state index in [-0.39, 0.29) is 5.82 Å². The summed E-state index contributed by atoms with van der Waals surface area (Å²) in [5.74, 6) is 0.712. The number of para-hydroxylation sites is 1. The molecule has 4 heteroatoms. The van der Waals surface area contributed by atoms with E-state index in [9.17, 15) is 4.39 Å². The van der Waals surface area contributed by atoms with E-state index in [1.54, 1.807) is 38.3 Å². The summed E-state index contributed by atoms with van der Waals surface area (Å²) in [5.41, 5.74) is 8.12. The van der Waals surface area contributed by atoms with Gasteiger partial charge in [-0.3, -0.25) is 0 Å². The SMILES string of the molecule is COc1cccc(-c2cc(N)c(C)cc2F)c1OC. The Labute approximate surface area is 111 Å². The van der Waals surface area contributed by atoms with Crippen LogP contribution in [0.4, 0.5) is 10.1 Å². The number of halogens is 1. The normalized spacial score (nSPS) is 10.3. The fourth-order valence-corrected chi connectivity index (χ4v) is 2.00. The zero-order valence-electron chi connectivity index (χ0n) is 11.2. The Morgan fingerprint density at radius 1 is 1.05 bits per heavy atom. The summed E-state index contributed by atoms with van der Waals surface area (Å²) in [7, 11) is 3.07. The van der Waals surface area contributed by atoms with Gasteiger partial charge in [0.2, 0.25) is 0 Å². The summed E-state index contributed by atoms with van der Waals surface area (Å²) in [4.78, 5) is 0. The predicted octanol–water partition coefficient (Wildman–Crippen LogP) is 3.40. The van der Waals surface area contributed by atoms with Crippen molar-refractivity contribution >= 4 is 5.69 Å². The van der Waals surface area contributed by atoms with Crippen LogP contribution >= 0.6 is 0 Å². The maximum Gasteiger partial charge on any atom is 0.168 e. The highest BCUT2D eigenvalue weighted by Crippen LogP contribution is 2.39. The second-order valence-corrected chi connectivity index (χ2v) is 4.23. The van der Waals surface area contributed by atoms with Crippen LogP contribution in [-0.2, 0) is 0 Å². The molecule has 0 aliphatic heterocycles. The van der Waals surface area contributed by atoms with Gasteiger partial charge in [-0.05, 0) is 30.7 Å². The van der Waals surface area contributed by atoms with Crippen LogP contribution in [0.15, 0.2) is 30.3 Å². The van der Waals surface area contributed by atoms with E-state index in [0.717, 1.165) is 0 Å². The molecule has 0 aromatic heterocycles. The first-order valence-corrected chi connectivity index (χ1v) is 5.85. The van der Waals surface area contributed by atoms with Crippen molar-refractivity contribution in [3.63, 3.8) is 0 Å². The van der Waals surface area contributed by atoms with Gasteiger partial charge in [0.15, 0.2) is 11.5 Å². The lowest BCUT2D eigenvalue weighted by molar-refractivity contribution is 0.356. The summed E-state index contributed by atoms with van der Waals surface area (Å²) in [5, 5.41) is 0. The number of nitrogen functional groups attached to an aromatic ring is 1. The molecule has 2 aromatic carbocycles. The molecule has 0 heterocycles. The standard InChI is InChI=1S/C15H16FNO2/c1-9-7-12(16)11(8-13(9)17)10-5-4-6-14(18-2)15(10)19-3/h4-8H,17H2,1-3H3. The Bertz CT molecular complexity index is 611. The van der Waals surface area contributed by atoms with Gasteiger partial charge in [0.05, 0.1) is 14.2 Å². The number of nitrogens with two attached hydrogens (primary N) is 1. The molecule has 0 radical (unpaired) electrons.